The largest absolute Gasteiger partial charge is 0.497 e. The van der Waals surface area contributed by atoms with E-state index in [0.29, 0.717) is 30.0 Å². The zero-order valence-corrected chi connectivity index (χ0v) is 35.4. The second-order valence-electron chi connectivity index (χ2n) is 16.4. The van der Waals surface area contributed by atoms with Crippen LogP contribution in [0, 0.1) is 5.92 Å². The Morgan fingerprint density at radius 3 is 2.24 bits per heavy atom. The lowest BCUT2D eigenvalue weighted by Gasteiger charge is -2.39. The number of aliphatic hydroxyl groups is 1. The van der Waals surface area contributed by atoms with Crippen molar-refractivity contribution in [2.45, 2.75) is 69.2 Å². The van der Waals surface area contributed by atoms with Gasteiger partial charge in [0.1, 0.15) is 11.5 Å². The van der Waals surface area contributed by atoms with Gasteiger partial charge in [-0.05, 0) is 83.2 Å². The van der Waals surface area contributed by atoms with Crippen molar-refractivity contribution in [3.8, 4) is 22.9 Å². The van der Waals surface area contributed by atoms with Crippen LogP contribution in [0.25, 0.3) is 5.69 Å². The highest BCUT2D eigenvalue weighted by atomic mass is 28.3. The third kappa shape index (κ3) is 6.82. The third-order valence-corrected chi connectivity index (χ3v) is 17.4. The summed E-state index contributed by atoms with van der Waals surface area (Å²) < 4.78 is 25.3. The molecule has 1 saturated heterocycles. The van der Waals surface area contributed by atoms with E-state index in [1.165, 1.54) is 11.7 Å². The van der Waals surface area contributed by atoms with Gasteiger partial charge in [0.2, 0.25) is 5.91 Å². The summed E-state index contributed by atoms with van der Waals surface area (Å²) in [6, 6.07) is 32.5. The molecule has 3 aliphatic heterocycles. The van der Waals surface area contributed by atoms with Crippen molar-refractivity contribution >= 4 is 30.8 Å². The lowest BCUT2D eigenvalue weighted by atomic mass is 9.82. The summed E-state index contributed by atoms with van der Waals surface area (Å²) in [5.74, 6) is 0.951. The molecular formula is C47H51N3O8Si. The average molecular weight is 814 g/mol. The van der Waals surface area contributed by atoms with E-state index in [4.69, 9.17) is 18.9 Å². The maximum absolute atomic E-state index is 15.4. The van der Waals surface area contributed by atoms with Gasteiger partial charge in [0, 0.05) is 29.9 Å². The van der Waals surface area contributed by atoms with Gasteiger partial charge in [-0.3, -0.25) is 19.0 Å². The number of ether oxygens (including phenoxy) is 4. The standard InChI is InChI=1S/C47H51N3O8Si/c1-30-44(59(5,6)38-20-17-36(55-2)18-21-38)42(26-43(52)49-28-33-11-8-7-10-32(33)24-35(49)29-51)58-47(30)39-25-37(56-3)19-22-40(39)50(46(47)54)27-31-13-15-34(16-14-31)48-23-9-12-41(57-4)45(48)53/h7-23,25,30,35,42,44,51H,24,26-29H2,1-6H3/t30-,35-,42+,44-,47+/m0/s1. The molecule has 3 aliphatic rings. The SMILES string of the molecule is COc1ccc([Si](C)(C)[C@@H]2[C@@H](CC(=O)N3Cc4ccccc4C[C@H]3CO)O[C@]3(C(=O)N(Cc4ccc(-n5cccc(OC)c5=O)cc4)c4ccc(OC)cc43)[C@H]2C)cc1. The zero-order chi connectivity index (χ0) is 41.6. The molecule has 0 saturated carbocycles. The van der Waals surface area contributed by atoms with E-state index < -0.39 is 19.8 Å². The van der Waals surface area contributed by atoms with Crippen LogP contribution in [0.1, 0.15) is 35.6 Å². The highest BCUT2D eigenvalue weighted by molar-refractivity contribution is 6.91. The monoisotopic (exact) mass is 813 g/mol. The Morgan fingerprint density at radius 2 is 1.56 bits per heavy atom. The Hall–Kier alpha value is -5.69. The topological polar surface area (TPSA) is 120 Å². The van der Waals surface area contributed by atoms with Crippen LogP contribution in [0.2, 0.25) is 18.6 Å². The van der Waals surface area contributed by atoms with Crippen molar-refractivity contribution in [2.24, 2.45) is 5.92 Å². The average Bonchev–Trinajstić information content (AvgIpc) is 3.68. The number of rotatable bonds is 11. The number of pyridine rings is 1. The van der Waals surface area contributed by atoms with Crippen LogP contribution in [0.3, 0.4) is 0 Å². The van der Waals surface area contributed by atoms with Crippen LogP contribution in [-0.2, 0) is 39.4 Å². The predicted octanol–water partition coefficient (Wildman–Crippen LogP) is 5.96. The molecular weight excluding hydrogens is 763 g/mol. The van der Waals surface area contributed by atoms with Crippen LogP contribution in [0.15, 0.2) is 114 Å². The van der Waals surface area contributed by atoms with E-state index in [0.717, 1.165) is 33.3 Å². The number of benzene rings is 4. The molecule has 4 aromatic carbocycles. The molecule has 5 aromatic rings. The first-order valence-corrected chi connectivity index (χ1v) is 23.2. The molecule has 2 amide bonds. The fraction of sp³-hybridized carbons (Fsp3) is 0.340. The zero-order valence-electron chi connectivity index (χ0n) is 34.4. The molecule has 1 fully saturated rings. The Kier molecular flexibility index (Phi) is 10.7. The minimum Gasteiger partial charge on any atom is -0.497 e. The van der Waals surface area contributed by atoms with E-state index in [-0.39, 0.29) is 60.2 Å². The molecule has 59 heavy (non-hydrogen) atoms. The molecule has 0 radical (unpaired) electrons. The molecule has 12 heteroatoms. The quantitative estimate of drug-likeness (QED) is 0.162. The van der Waals surface area contributed by atoms with Crippen LogP contribution in [-0.4, -0.2) is 74.5 Å². The Balaban J connectivity index is 1.18. The number of anilines is 1. The number of nitrogens with zero attached hydrogens (tertiary/aromatic N) is 3. The molecule has 1 spiro atoms. The second-order valence-corrected chi connectivity index (χ2v) is 21.1. The number of methoxy groups -OCH3 is 3. The minimum atomic E-state index is -2.56. The number of aliphatic hydroxyl groups excluding tert-OH is 1. The maximum Gasteiger partial charge on any atom is 0.297 e. The van der Waals surface area contributed by atoms with Crippen molar-refractivity contribution in [3.63, 3.8) is 0 Å². The molecule has 1 aromatic heterocycles. The fourth-order valence-electron chi connectivity index (χ4n) is 9.89. The molecule has 8 rings (SSSR count). The van der Waals surface area contributed by atoms with Gasteiger partial charge >= 0.3 is 0 Å². The fourth-order valence-corrected chi connectivity index (χ4v) is 13.9. The van der Waals surface area contributed by atoms with Crippen LogP contribution in [0.5, 0.6) is 17.2 Å². The summed E-state index contributed by atoms with van der Waals surface area (Å²) in [7, 11) is 2.16. The highest BCUT2D eigenvalue weighted by Gasteiger charge is 2.66. The van der Waals surface area contributed by atoms with Crippen molar-refractivity contribution in [2.75, 3.05) is 32.8 Å². The van der Waals surface area contributed by atoms with E-state index in [1.54, 1.807) is 42.3 Å². The molecule has 0 bridgehead atoms. The minimum absolute atomic E-state index is 0.0553. The summed E-state index contributed by atoms with van der Waals surface area (Å²) in [6.45, 7) is 7.19. The van der Waals surface area contributed by atoms with Gasteiger partial charge in [-0.1, -0.05) is 73.7 Å². The number of hydrogen-bond donors (Lipinski definition) is 1. The normalized spacial score (nSPS) is 22.3. The van der Waals surface area contributed by atoms with Gasteiger partial charge in [-0.2, -0.15) is 0 Å². The van der Waals surface area contributed by atoms with Crippen LogP contribution < -0.4 is 29.9 Å². The summed E-state index contributed by atoms with van der Waals surface area (Å²) >= 11 is 0. The van der Waals surface area contributed by atoms with Gasteiger partial charge in [-0.15, -0.1) is 0 Å². The summed E-state index contributed by atoms with van der Waals surface area (Å²) in [4.78, 5) is 46.6. The van der Waals surface area contributed by atoms with Gasteiger partial charge in [0.25, 0.3) is 11.5 Å². The molecule has 0 unspecified atom stereocenters. The van der Waals surface area contributed by atoms with Crippen LogP contribution in [0.4, 0.5) is 5.69 Å². The first kappa shape index (κ1) is 40.1. The van der Waals surface area contributed by atoms with Crippen molar-refractivity contribution < 1.29 is 33.6 Å². The predicted molar refractivity (Wildman–Crippen MR) is 229 cm³/mol. The number of fused-ring (bicyclic) bond motifs is 3. The Labute approximate surface area is 345 Å². The van der Waals surface area contributed by atoms with Crippen molar-refractivity contribution in [3.05, 3.63) is 142 Å². The van der Waals surface area contributed by atoms with Crippen LogP contribution >= 0.6 is 0 Å². The van der Waals surface area contributed by atoms with E-state index in [9.17, 15) is 14.7 Å². The maximum atomic E-state index is 15.4. The van der Waals surface area contributed by atoms with E-state index >= 15 is 4.79 Å². The number of aromatic nitrogens is 1. The highest BCUT2D eigenvalue weighted by Crippen LogP contribution is 2.60. The van der Waals surface area contributed by atoms with Gasteiger partial charge in [0.05, 0.1) is 66.8 Å². The molecule has 5 atom stereocenters. The summed E-state index contributed by atoms with van der Waals surface area (Å²) in [5.41, 5.74) is 3.32. The molecule has 4 heterocycles. The van der Waals surface area contributed by atoms with Gasteiger partial charge < -0.3 is 33.9 Å². The summed E-state index contributed by atoms with van der Waals surface area (Å²) in [6.07, 6.45) is 1.71. The first-order valence-electron chi connectivity index (χ1n) is 20.1. The summed E-state index contributed by atoms with van der Waals surface area (Å²) in [5, 5.41) is 11.7. The lowest BCUT2D eigenvalue weighted by molar-refractivity contribution is -0.151. The third-order valence-electron chi connectivity index (χ3n) is 13.0. The molecule has 0 aliphatic carbocycles. The first-order chi connectivity index (χ1) is 28.4. The Bertz CT molecular complexity index is 2430. The lowest BCUT2D eigenvalue weighted by Crippen LogP contribution is -2.52. The number of carbonyl (C=O) groups is 2. The van der Waals surface area contributed by atoms with Crippen molar-refractivity contribution in [1.82, 2.24) is 9.47 Å². The molecule has 1 N–H and O–H groups in total. The smallest absolute Gasteiger partial charge is 0.297 e. The van der Waals surface area contributed by atoms with Gasteiger partial charge in [-0.25, -0.2) is 0 Å². The number of hydrogen-bond acceptors (Lipinski definition) is 8. The van der Waals surface area contributed by atoms with E-state index in [2.05, 4.69) is 38.2 Å². The molecule has 306 valence electrons. The number of amides is 2. The van der Waals surface area contributed by atoms with Crippen molar-refractivity contribution in [1.29, 1.82) is 0 Å². The molecule has 11 nitrogen and oxygen atoms in total. The Morgan fingerprint density at radius 1 is 0.864 bits per heavy atom. The number of carbonyl (C=O) groups excluding carboxylic acids is 2. The second kappa shape index (κ2) is 15.8. The van der Waals surface area contributed by atoms with E-state index in [1.807, 2.05) is 72.8 Å². The van der Waals surface area contributed by atoms with Gasteiger partial charge in [0.15, 0.2) is 11.4 Å².